The summed E-state index contributed by atoms with van der Waals surface area (Å²) in [4.78, 5) is 12.2. The Morgan fingerprint density at radius 3 is 2.62 bits per heavy atom. The minimum atomic E-state index is -3.58. The largest absolute Gasteiger partial charge is 0.326 e. The summed E-state index contributed by atoms with van der Waals surface area (Å²) in [6.07, 6.45) is 1.04. The maximum absolute atomic E-state index is 12.2. The second-order valence-corrected chi connectivity index (χ2v) is 8.02. The van der Waals surface area contributed by atoms with Crippen molar-refractivity contribution in [1.29, 1.82) is 5.26 Å². The molecule has 136 valence electrons. The Morgan fingerprint density at radius 2 is 1.96 bits per heavy atom. The summed E-state index contributed by atoms with van der Waals surface area (Å²) in [5, 5.41) is 12.0. The van der Waals surface area contributed by atoms with E-state index in [0.717, 1.165) is 6.26 Å². The SMILES string of the molecule is Cc1c(Cl)cccc1N(CCC(=O)Nc1cccc(C#N)c1)S(C)(=O)=O. The molecule has 26 heavy (non-hydrogen) atoms. The maximum atomic E-state index is 12.2. The van der Waals surface area contributed by atoms with Crippen molar-refractivity contribution in [2.75, 3.05) is 22.4 Å². The van der Waals surface area contributed by atoms with Crippen molar-refractivity contribution in [3.8, 4) is 6.07 Å². The third-order valence-electron chi connectivity index (χ3n) is 3.73. The summed E-state index contributed by atoms with van der Waals surface area (Å²) in [5.74, 6) is -0.353. The molecule has 0 saturated carbocycles. The second-order valence-electron chi connectivity index (χ2n) is 5.71. The molecule has 0 atom stereocenters. The van der Waals surface area contributed by atoms with Gasteiger partial charge in [-0.3, -0.25) is 9.10 Å². The molecule has 1 N–H and O–H groups in total. The summed E-state index contributed by atoms with van der Waals surface area (Å²) in [6, 6.07) is 13.5. The molecule has 0 unspecified atom stereocenters. The molecule has 0 aliphatic rings. The van der Waals surface area contributed by atoms with Crippen LogP contribution < -0.4 is 9.62 Å². The number of hydrogen-bond acceptors (Lipinski definition) is 4. The van der Waals surface area contributed by atoms with E-state index in [9.17, 15) is 13.2 Å². The number of halogens is 1. The summed E-state index contributed by atoms with van der Waals surface area (Å²) < 4.78 is 25.5. The Hall–Kier alpha value is -2.56. The Bertz CT molecular complexity index is 968. The number of nitriles is 1. The van der Waals surface area contributed by atoms with E-state index < -0.39 is 10.0 Å². The Balaban J connectivity index is 2.14. The quantitative estimate of drug-likeness (QED) is 0.817. The molecule has 2 rings (SSSR count). The smallest absolute Gasteiger partial charge is 0.232 e. The van der Waals surface area contributed by atoms with Crippen LogP contribution in [0.3, 0.4) is 0 Å². The Labute approximate surface area is 158 Å². The van der Waals surface area contributed by atoms with E-state index in [0.29, 0.717) is 27.5 Å². The molecule has 0 saturated heterocycles. The minimum Gasteiger partial charge on any atom is -0.326 e. The Morgan fingerprint density at radius 1 is 1.27 bits per heavy atom. The van der Waals surface area contributed by atoms with Crippen molar-refractivity contribution in [3.05, 3.63) is 58.6 Å². The number of nitrogens with zero attached hydrogens (tertiary/aromatic N) is 2. The van der Waals surface area contributed by atoms with Crippen LogP contribution in [0.15, 0.2) is 42.5 Å². The van der Waals surface area contributed by atoms with Gasteiger partial charge in [-0.2, -0.15) is 5.26 Å². The molecule has 0 aliphatic carbocycles. The van der Waals surface area contributed by atoms with Crippen molar-refractivity contribution in [2.24, 2.45) is 0 Å². The normalized spacial score (nSPS) is 10.8. The first kappa shape index (κ1) is 19.8. The molecule has 0 spiro atoms. The number of anilines is 2. The molecular weight excluding hydrogens is 374 g/mol. The van der Waals surface area contributed by atoms with Gasteiger partial charge in [-0.1, -0.05) is 23.7 Å². The molecule has 8 heteroatoms. The zero-order chi connectivity index (χ0) is 19.3. The highest BCUT2D eigenvalue weighted by atomic mass is 35.5. The fourth-order valence-corrected chi connectivity index (χ4v) is 3.57. The monoisotopic (exact) mass is 391 g/mol. The molecule has 0 aliphatic heterocycles. The average molecular weight is 392 g/mol. The topological polar surface area (TPSA) is 90.3 Å². The number of amides is 1. The third-order valence-corrected chi connectivity index (χ3v) is 5.31. The van der Waals surface area contributed by atoms with Gasteiger partial charge in [-0.15, -0.1) is 0 Å². The van der Waals surface area contributed by atoms with Gasteiger partial charge in [0.2, 0.25) is 15.9 Å². The zero-order valence-corrected chi connectivity index (χ0v) is 15.9. The summed E-state index contributed by atoms with van der Waals surface area (Å²) in [7, 11) is -3.58. The molecule has 0 radical (unpaired) electrons. The molecule has 2 aromatic carbocycles. The van der Waals surface area contributed by atoms with E-state index >= 15 is 0 Å². The molecule has 1 amide bonds. The number of carbonyl (C=O) groups is 1. The van der Waals surface area contributed by atoms with Crippen LogP contribution in [0.1, 0.15) is 17.5 Å². The summed E-state index contributed by atoms with van der Waals surface area (Å²) >= 11 is 6.08. The van der Waals surface area contributed by atoms with Crippen molar-refractivity contribution >= 4 is 38.9 Å². The average Bonchev–Trinajstić information content (AvgIpc) is 2.57. The standard InChI is InChI=1S/C18H18ClN3O3S/c1-13-16(19)7-4-8-17(13)22(26(2,24)25)10-9-18(23)21-15-6-3-5-14(11-15)12-20/h3-8,11H,9-10H2,1-2H3,(H,21,23). The highest BCUT2D eigenvalue weighted by Gasteiger charge is 2.21. The maximum Gasteiger partial charge on any atom is 0.232 e. The molecule has 0 heterocycles. The lowest BCUT2D eigenvalue weighted by molar-refractivity contribution is -0.116. The van der Waals surface area contributed by atoms with Crippen LogP contribution in [0.2, 0.25) is 5.02 Å². The van der Waals surface area contributed by atoms with Gasteiger partial charge in [0.05, 0.1) is 23.6 Å². The van der Waals surface area contributed by atoms with Crippen molar-refractivity contribution < 1.29 is 13.2 Å². The number of nitrogens with one attached hydrogen (secondary N) is 1. The molecule has 2 aromatic rings. The molecule has 0 fully saturated rings. The predicted octanol–water partition coefficient (Wildman–Crippen LogP) is 3.31. The molecular formula is C18H18ClN3O3S. The van der Waals surface area contributed by atoms with Crippen LogP contribution in [-0.2, 0) is 14.8 Å². The summed E-state index contributed by atoms with van der Waals surface area (Å²) in [6.45, 7) is 1.70. The first-order valence-corrected chi connectivity index (χ1v) is 9.98. The van der Waals surface area contributed by atoms with E-state index in [1.807, 2.05) is 6.07 Å². The van der Waals surface area contributed by atoms with Gasteiger partial charge in [0.15, 0.2) is 0 Å². The Kier molecular flexibility index (Phi) is 6.24. The van der Waals surface area contributed by atoms with E-state index in [2.05, 4.69) is 5.32 Å². The molecule has 0 bridgehead atoms. The van der Waals surface area contributed by atoms with Crippen LogP contribution in [-0.4, -0.2) is 27.1 Å². The van der Waals surface area contributed by atoms with Crippen molar-refractivity contribution in [2.45, 2.75) is 13.3 Å². The van der Waals surface area contributed by atoms with E-state index in [4.69, 9.17) is 16.9 Å². The highest BCUT2D eigenvalue weighted by molar-refractivity contribution is 7.92. The first-order chi connectivity index (χ1) is 12.2. The lowest BCUT2D eigenvalue weighted by Gasteiger charge is -2.24. The number of carbonyl (C=O) groups excluding carboxylic acids is 1. The van der Waals surface area contributed by atoms with Crippen LogP contribution in [0.25, 0.3) is 0 Å². The number of sulfonamides is 1. The van der Waals surface area contributed by atoms with Crippen LogP contribution in [0.4, 0.5) is 11.4 Å². The first-order valence-electron chi connectivity index (χ1n) is 7.75. The van der Waals surface area contributed by atoms with E-state index in [-0.39, 0.29) is 18.9 Å². The van der Waals surface area contributed by atoms with Crippen LogP contribution >= 0.6 is 11.6 Å². The van der Waals surface area contributed by atoms with Gasteiger partial charge in [0.25, 0.3) is 0 Å². The lowest BCUT2D eigenvalue weighted by Crippen LogP contribution is -2.33. The van der Waals surface area contributed by atoms with Gasteiger partial charge in [-0.05, 0) is 42.8 Å². The second kappa shape index (κ2) is 8.21. The highest BCUT2D eigenvalue weighted by Crippen LogP contribution is 2.28. The van der Waals surface area contributed by atoms with Crippen molar-refractivity contribution in [1.82, 2.24) is 0 Å². The van der Waals surface area contributed by atoms with Crippen LogP contribution in [0.5, 0.6) is 0 Å². The van der Waals surface area contributed by atoms with E-state index in [1.54, 1.807) is 49.4 Å². The predicted molar refractivity (Wildman–Crippen MR) is 103 cm³/mol. The minimum absolute atomic E-state index is 0.0240. The van der Waals surface area contributed by atoms with Crippen LogP contribution in [0, 0.1) is 18.3 Å². The fourth-order valence-electron chi connectivity index (χ4n) is 2.42. The third kappa shape index (κ3) is 4.97. The van der Waals surface area contributed by atoms with Gasteiger partial charge < -0.3 is 5.32 Å². The molecule has 0 aromatic heterocycles. The van der Waals surface area contributed by atoms with Gasteiger partial charge >= 0.3 is 0 Å². The van der Waals surface area contributed by atoms with Gasteiger partial charge in [0, 0.05) is 23.7 Å². The number of rotatable bonds is 6. The number of benzene rings is 2. The van der Waals surface area contributed by atoms with Gasteiger partial charge in [-0.25, -0.2) is 8.42 Å². The van der Waals surface area contributed by atoms with Crippen molar-refractivity contribution in [3.63, 3.8) is 0 Å². The summed E-state index contributed by atoms with van der Waals surface area (Å²) in [5.41, 5.74) is 1.98. The lowest BCUT2D eigenvalue weighted by atomic mass is 10.2. The van der Waals surface area contributed by atoms with E-state index in [1.165, 1.54) is 4.31 Å². The molecule has 6 nitrogen and oxygen atoms in total. The number of hydrogen-bond donors (Lipinski definition) is 1. The van der Waals surface area contributed by atoms with Gasteiger partial charge in [0.1, 0.15) is 0 Å². The zero-order valence-electron chi connectivity index (χ0n) is 14.4. The fraction of sp³-hybridized carbons (Fsp3) is 0.222.